The van der Waals surface area contributed by atoms with Crippen LogP contribution in [0.1, 0.15) is 59.7 Å². The number of nitrogens with one attached hydrogen (secondary N) is 1. The molecule has 0 saturated carbocycles. The second-order valence-electron chi connectivity index (χ2n) is 8.38. The molecule has 3 heterocycles. The molecule has 1 unspecified atom stereocenters. The van der Waals surface area contributed by atoms with Gasteiger partial charge in [0.05, 0.1) is 11.1 Å². The first-order valence-electron chi connectivity index (χ1n) is 11.4. The van der Waals surface area contributed by atoms with E-state index in [0.29, 0.717) is 30.3 Å². The molecule has 1 aromatic carbocycles. The summed E-state index contributed by atoms with van der Waals surface area (Å²) < 4.78 is 0. The van der Waals surface area contributed by atoms with Crippen molar-refractivity contribution in [2.24, 2.45) is 4.99 Å². The molecule has 1 N–H and O–H groups in total. The SMILES string of the molecule is CCNC(=NCCCCN1C(=O)c2ccccc2C1=O)N1CCC(N2CCCC2)C1.I. The van der Waals surface area contributed by atoms with Crippen molar-refractivity contribution in [3.05, 3.63) is 35.4 Å². The van der Waals surface area contributed by atoms with Gasteiger partial charge in [-0.05, 0) is 64.3 Å². The second kappa shape index (κ2) is 11.3. The highest BCUT2D eigenvalue weighted by atomic mass is 127. The lowest BCUT2D eigenvalue weighted by atomic mass is 10.1. The highest BCUT2D eigenvalue weighted by Gasteiger charge is 2.34. The number of fused-ring (bicyclic) bond motifs is 1. The molecule has 3 aliphatic rings. The lowest BCUT2D eigenvalue weighted by Gasteiger charge is -2.25. The third-order valence-electron chi connectivity index (χ3n) is 6.38. The van der Waals surface area contributed by atoms with Crippen molar-refractivity contribution in [2.75, 3.05) is 45.8 Å². The summed E-state index contributed by atoms with van der Waals surface area (Å²) in [6.07, 6.45) is 5.50. The average Bonchev–Trinajstić information content (AvgIpc) is 3.50. The van der Waals surface area contributed by atoms with E-state index in [1.165, 1.54) is 37.3 Å². The molecule has 4 rings (SSSR count). The number of aliphatic imine (C=N–C) groups is 1. The highest BCUT2D eigenvalue weighted by Crippen LogP contribution is 2.23. The van der Waals surface area contributed by atoms with Crippen LogP contribution < -0.4 is 5.32 Å². The Hall–Kier alpha value is -1.68. The Balaban J connectivity index is 0.00000272. The van der Waals surface area contributed by atoms with Gasteiger partial charge in [-0.1, -0.05) is 12.1 Å². The molecule has 1 atom stereocenters. The smallest absolute Gasteiger partial charge is 0.261 e. The van der Waals surface area contributed by atoms with Crippen LogP contribution in [0, 0.1) is 0 Å². The van der Waals surface area contributed by atoms with Crippen LogP contribution in [0.15, 0.2) is 29.3 Å². The largest absolute Gasteiger partial charge is 0.357 e. The van der Waals surface area contributed by atoms with E-state index < -0.39 is 0 Å². The molecule has 0 bridgehead atoms. The summed E-state index contributed by atoms with van der Waals surface area (Å²) in [6.45, 7) is 8.72. The maximum atomic E-state index is 12.4. The van der Waals surface area contributed by atoms with E-state index in [1.54, 1.807) is 24.3 Å². The summed E-state index contributed by atoms with van der Waals surface area (Å²) >= 11 is 0. The first-order valence-corrected chi connectivity index (χ1v) is 11.4. The molecule has 0 spiro atoms. The number of carbonyl (C=O) groups excluding carboxylic acids is 2. The molecule has 3 aliphatic heterocycles. The minimum Gasteiger partial charge on any atom is -0.357 e. The number of nitrogens with zero attached hydrogens (tertiary/aromatic N) is 4. The Morgan fingerprint density at radius 2 is 1.74 bits per heavy atom. The number of imide groups is 1. The van der Waals surface area contributed by atoms with Crippen LogP contribution in [-0.4, -0.2) is 84.3 Å². The van der Waals surface area contributed by atoms with Gasteiger partial charge in [-0.25, -0.2) is 0 Å². The van der Waals surface area contributed by atoms with Gasteiger partial charge in [-0.2, -0.15) is 0 Å². The fraction of sp³-hybridized carbons (Fsp3) is 0.609. The van der Waals surface area contributed by atoms with E-state index in [9.17, 15) is 9.59 Å². The van der Waals surface area contributed by atoms with E-state index in [1.807, 2.05) is 0 Å². The quantitative estimate of drug-likeness (QED) is 0.190. The van der Waals surface area contributed by atoms with Gasteiger partial charge in [-0.3, -0.25) is 24.4 Å². The fourth-order valence-corrected chi connectivity index (χ4v) is 4.77. The van der Waals surface area contributed by atoms with Gasteiger partial charge in [0.2, 0.25) is 0 Å². The molecule has 0 aliphatic carbocycles. The molecular weight excluding hydrogens is 505 g/mol. The summed E-state index contributed by atoms with van der Waals surface area (Å²) in [4.78, 5) is 36.1. The van der Waals surface area contributed by atoms with Crippen molar-refractivity contribution in [1.29, 1.82) is 0 Å². The molecule has 1 aromatic rings. The predicted molar refractivity (Wildman–Crippen MR) is 133 cm³/mol. The lowest BCUT2D eigenvalue weighted by Crippen LogP contribution is -2.42. The number of halogens is 1. The molecule has 2 fully saturated rings. The Morgan fingerprint density at radius 1 is 1.06 bits per heavy atom. The first-order chi connectivity index (χ1) is 14.7. The van der Waals surface area contributed by atoms with Crippen LogP contribution in [0.25, 0.3) is 0 Å². The van der Waals surface area contributed by atoms with Crippen LogP contribution in [0.4, 0.5) is 0 Å². The average molecular weight is 539 g/mol. The molecule has 0 radical (unpaired) electrons. The molecule has 170 valence electrons. The number of likely N-dealkylation sites (tertiary alicyclic amines) is 2. The van der Waals surface area contributed by atoms with Gasteiger partial charge in [0.1, 0.15) is 0 Å². The van der Waals surface area contributed by atoms with E-state index in [-0.39, 0.29) is 35.8 Å². The fourth-order valence-electron chi connectivity index (χ4n) is 4.77. The number of amides is 2. The third-order valence-corrected chi connectivity index (χ3v) is 6.38. The van der Waals surface area contributed by atoms with Crippen molar-refractivity contribution in [3.63, 3.8) is 0 Å². The van der Waals surface area contributed by atoms with Gasteiger partial charge in [-0.15, -0.1) is 24.0 Å². The number of benzene rings is 1. The normalized spacial score (nSPS) is 21.6. The maximum Gasteiger partial charge on any atom is 0.261 e. The van der Waals surface area contributed by atoms with E-state index in [0.717, 1.165) is 38.4 Å². The molecule has 0 aromatic heterocycles. The first kappa shape index (κ1) is 24.0. The number of hydrogen-bond donors (Lipinski definition) is 1. The Bertz CT molecular complexity index is 774. The number of guanidine groups is 1. The van der Waals surface area contributed by atoms with Gasteiger partial charge >= 0.3 is 0 Å². The molecule has 2 saturated heterocycles. The van der Waals surface area contributed by atoms with Gasteiger partial charge in [0, 0.05) is 38.8 Å². The Kier molecular flexibility index (Phi) is 8.71. The van der Waals surface area contributed by atoms with Crippen molar-refractivity contribution < 1.29 is 9.59 Å². The van der Waals surface area contributed by atoms with E-state index >= 15 is 0 Å². The maximum absolute atomic E-state index is 12.4. The Morgan fingerprint density at radius 3 is 2.39 bits per heavy atom. The predicted octanol–water partition coefficient (Wildman–Crippen LogP) is 2.82. The van der Waals surface area contributed by atoms with Crippen LogP contribution >= 0.6 is 24.0 Å². The summed E-state index contributed by atoms with van der Waals surface area (Å²) in [6, 6.07) is 7.72. The van der Waals surface area contributed by atoms with Gasteiger partial charge < -0.3 is 10.2 Å². The van der Waals surface area contributed by atoms with Crippen molar-refractivity contribution in [3.8, 4) is 0 Å². The zero-order valence-electron chi connectivity index (χ0n) is 18.4. The number of rotatable bonds is 7. The minimum absolute atomic E-state index is 0. The number of carbonyl (C=O) groups is 2. The van der Waals surface area contributed by atoms with E-state index in [2.05, 4.69) is 22.0 Å². The van der Waals surface area contributed by atoms with Crippen LogP contribution in [0.2, 0.25) is 0 Å². The molecule has 8 heteroatoms. The van der Waals surface area contributed by atoms with Crippen molar-refractivity contribution >= 4 is 41.8 Å². The van der Waals surface area contributed by atoms with Crippen LogP contribution in [-0.2, 0) is 0 Å². The molecule has 7 nitrogen and oxygen atoms in total. The van der Waals surface area contributed by atoms with Gasteiger partial charge in [0.15, 0.2) is 5.96 Å². The van der Waals surface area contributed by atoms with Crippen LogP contribution in [0.3, 0.4) is 0 Å². The zero-order chi connectivity index (χ0) is 20.9. The van der Waals surface area contributed by atoms with Crippen molar-refractivity contribution in [2.45, 2.75) is 45.1 Å². The third kappa shape index (κ3) is 5.39. The summed E-state index contributed by atoms with van der Waals surface area (Å²) in [5.74, 6) is 0.662. The van der Waals surface area contributed by atoms with Crippen molar-refractivity contribution in [1.82, 2.24) is 20.0 Å². The summed E-state index contributed by atoms with van der Waals surface area (Å²) in [5, 5.41) is 3.43. The molecular formula is C23H34IN5O2. The topological polar surface area (TPSA) is 68.2 Å². The summed E-state index contributed by atoms with van der Waals surface area (Å²) in [5.41, 5.74) is 1.05. The standard InChI is InChI=1S/C23H33N5O2.HI/c1-2-24-23(27-16-11-18(17-27)26-13-7-8-14-26)25-12-5-6-15-28-21(29)19-9-3-4-10-20(19)22(28)30;/h3-4,9-10,18H,2,5-8,11-17H2,1H3,(H,24,25);1H. The molecule has 2 amide bonds. The summed E-state index contributed by atoms with van der Waals surface area (Å²) in [7, 11) is 0. The minimum atomic E-state index is -0.169. The Labute approximate surface area is 202 Å². The number of hydrogen-bond acceptors (Lipinski definition) is 4. The van der Waals surface area contributed by atoms with Crippen LogP contribution in [0.5, 0.6) is 0 Å². The zero-order valence-corrected chi connectivity index (χ0v) is 20.7. The highest BCUT2D eigenvalue weighted by molar-refractivity contribution is 14.0. The van der Waals surface area contributed by atoms with Gasteiger partial charge in [0.25, 0.3) is 11.8 Å². The number of unbranched alkanes of at least 4 members (excludes halogenated alkanes) is 1. The monoisotopic (exact) mass is 539 g/mol. The molecule has 31 heavy (non-hydrogen) atoms. The second-order valence-corrected chi connectivity index (χ2v) is 8.38. The van der Waals surface area contributed by atoms with E-state index in [4.69, 9.17) is 4.99 Å². The lowest BCUT2D eigenvalue weighted by molar-refractivity contribution is 0.0652.